The number of aryl methyl sites for hydroxylation is 1. The van der Waals surface area contributed by atoms with Crippen LogP contribution in [0.2, 0.25) is 0 Å². The second-order valence-corrected chi connectivity index (χ2v) is 6.83. The van der Waals surface area contributed by atoms with Crippen LogP contribution in [-0.4, -0.2) is 58.7 Å². The zero-order valence-corrected chi connectivity index (χ0v) is 15.2. The molecule has 0 radical (unpaired) electrons. The van der Waals surface area contributed by atoms with Gasteiger partial charge in [-0.1, -0.05) is 13.8 Å². The summed E-state index contributed by atoms with van der Waals surface area (Å²) in [6, 6.07) is -0.369. The second-order valence-electron chi connectivity index (χ2n) is 6.83. The monoisotopic (exact) mass is 355 g/mol. The van der Waals surface area contributed by atoms with E-state index in [0.29, 0.717) is 19.6 Å². The van der Waals surface area contributed by atoms with Crippen LogP contribution < -0.4 is 10.6 Å². The van der Waals surface area contributed by atoms with E-state index in [2.05, 4.69) is 15.7 Å². The highest BCUT2D eigenvalue weighted by Gasteiger charge is 2.42. The van der Waals surface area contributed by atoms with E-state index >= 15 is 0 Å². The number of amides is 2. The minimum Gasteiger partial charge on any atom is -0.353 e. The quantitative estimate of drug-likeness (QED) is 0.807. The molecular weight excluding hydrogens is 330 g/mol. The van der Waals surface area contributed by atoms with Crippen molar-refractivity contribution in [2.24, 2.45) is 18.9 Å². The number of piperazine rings is 1. The number of nitrogens with one attached hydrogen (secondary N) is 2. The van der Waals surface area contributed by atoms with Gasteiger partial charge in [0.1, 0.15) is 6.04 Å². The van der Waals surface area contributed by atoms with Gasteiger partial charge in [0.2, 0.25) is 11.8 Å². The fourth-order valence-corrected chi connectivity index (χ4v) is 3.73. The molecular formula is C16H26ClN5O2. The Bertz CT molecular complexity index is 603. The summed E-state index contributed by atoms with van der Waals surface area (Å²) in [5.74, 6) is 0.131. The molecule has 0 aromatic carbocycles. The van der Waals surface area contributed by atoms with Gasteiger partial charge >= 0.3 is 0 Å². The van der Waals surface area contributed by atoms with Crippen molar-refractivity contribution in [2.75, 3.05) is 26.2 Å². The Hall–Kier alpha value is -1.60. The average Bonchev–Trinajstić information content (AvgIpc) is 3.14. The van der Waals surface area contributed by atoms with Crippen LogP contribution in [0.4, 0.5) is 0 Å². The van der Waals surface area contributed by atoms with Crippen molar-refractivity contribution in [1.29, 1.82) is 0 Å². The number of hydrogen-bond donors (Lipinski definition) is 2. The minimum absolute atomic E-state index is 0. The van der Waals surface area contributed by atoms with E-state index in [4.69, 9.17) is 0 Å². The van der Waals surface area contributed by atoms with Crippen molar-refractivity contribution < 1.29 is 9.59 Å². The first-order valence-corrected chi connectivity index (χ1v) is 8.26. The third-order valence-electron chi connectivity index (χ3n) is 4.86. The SMILES string of the molecule is CC(C)C1C(=O)NCCN1C(=O)[C@H]1CNC[C@@H]1c1cnn(C)c1.Cl. The smallest absolute Gasteiger partial charge is 0.243 e. The zero-order chi connectivity index (χ0) is 16.6. The molecule has 8 heteroatoms. The molecule has 0 spiro atoms. The van der Waals surface area contributed by atoms with Gasteiger partial charge in [0.15, 0.2) is 0 Å². The Kier molecular flexibility index (Phi) is 5.87. The van der Waals surface area contributed by atoms with Gasteiger partial charge in [-0.3, -0.25) is 14.3 Å². The highest BCUT2D eigenvalue weighted by molar-refractivity contribution is 5.90. The molecule has 1 aromatic rings. The summed E-state index contributed by atoms with van der Waals surface area (Å²) >= 11 is 0. The lowest BCUT2D eigenvalue weighted by atomic mass is 9.88. The van der Waals surface area contributed by atoms with E-state index < -0.39 is 0 Å². The molecule has 2 N–H and O–H groups in total. The maximum atomic E-state index is 13.1. The molecule has 2 fully saturated rings. The van der Waals surface area contributed by atoms with Gasteiger partial charge in [-0.25, -0.2) is 0 Å². The Balaban J connectivity index is 0.00000208. The average molecular weight is 356 g/mol. The first-order valence-electron chi connectivity index (χ1n) is 8.26. The standard InChI is InChI=1S/C16H25N5O2.ClH/c1-10(2)14-15(22)18-4-5-21(14)16(23)13-8-17-7-12(13)11-6-19-20(3)9-11;/h6,9-10,12-14,17H,4-5,7-8H2,1-3H3,(H,18,22);1H/t12-,13+,14?;/m1./s1. The van der Waals surface area contributed by atoms with E-state index in [9.17, 15) is 9.59 Å². The lowest BCUT2D eigenvalue weighted by molar-refractivity contribution is -0.147. The van der Waals surface area contributed by atoms with Crippen molar-refractivity contribution >= 4 is 24.2 Å². The van der Waals surface area contributed by atoms with E-state index in [1.54, 1.807) is 9.58 Å². The number of hydrogen-bond acceptors (Lipinski definition) is 4. The molecule has 2 aliphatic heterocycles. The number of nitrogens with zero attached hydrogens (tertiary/aromatic N) is 3. The lowest BCUT2D eigenvalue weighted by Crippen LogP contribution is -2.60. The molecule has 7 nitrogen and oxygen atoms in total. The van der Waals surface area contributed by atoms with Gasteiger partial charge in [-0.05, 0) is 11.5 Å². The van der Waals surface area contributed by atoms with Crippen molar-refractivity contribution in [3.05, 3.63) is 18.0 Å². The van der Waals surface area contributed by atoms with Gasteiger partial charge < -0.3 is 15.5 Å². The van der Waals surface area contributed by atoms with Crippen molar-refractivity contribution in [3.8, 4) is 0 Å². The van der Waals surface area contributed by atoms with E-state index in [1.807, 2.05) is 33.3 Å². The third kappa shape index (κ3) is 3.42. The minimum atomic E-state index is -0.369. The molecule has 0 aliphatic carbocycles. The summed E-state index contributed by atoms with van der Waals surface area (Å²) < 4.78 is 1.76. The van der Waals surface area contributed by atoms with Crippen molar-refractivity contribution in [2.45, 2.75) is 25.8 Å². The fraction of sp³-hybridized carbons (Fsp3) is 0.688. The summed E-state index contributed by atoms with van der Waals surface area (Å²) in [6.45, 7) is 6.52. The predicted molar refractivity (Wildman–Crippen MR) is 92.9 cm³/mol. The van der Waals surface area contributed by atoms with Gasteiger partial charge in [-0.2, -0.15) is 5.10 Å². The van der Waals surface area contributed by atoms with Crippen molar-refractivity contribution in [3.63, 3.8) is 0 Å². The number of rotatable bonds is 3. The highest BCUT2D eigenvalue weighted by Crippen LogP contribution is 2.30. The van der Waals surface area contributed by atoms with E-state index in [-0.39, 0.29) is 48.0 Å². The molecule has 2 saturated heterocycles. The molecule has 2 aliphatic rings. The van der Waals surface area contributed by atoms with Crippen LogP contribution in [0.15, 0.2) is 12.4 Å². The molecule has 3 atom stereocenters. The second kappa shape index (κ2) is 7.53. The largest absolute Gasteiger partial charge is 0.353 e. The first-order chi connectivity index (χ1) is 11.0. The number of carbonyl (C=O) groups excluding carboxylic acids is 2. The zero-order valence-electron chi connectivity index (χ0n) is 14.4. The summed E-state index contributed by atoms with van der Waals surface area (Å²) in [6.07, 6.45) is 3.81. The molecule has 0 saturated carbocycles. The number of carbonyl (C=O) groups is 2. The van der Waals surface area contributed by atoms with Crippen LogP contribution >= 0.6 is 12.4 Å². The summed E-state index contributed by atoms with van der Waals surface area (Å²) in [5, 5.41) is 10.4. The van der Waals surface area contributed by atoms with Gasteiger partial charge in [0.25, 0.3) is 0 Å². The van der Waals surface area contributed by atoms with Crippen LogP contribution in [0.3, 0.4) is 0 Å². The maximum absolute atomic E-state index is 13.1. The Morgan fingerprint density at radius 3 is 2.75 bits per heavy atom. The number of halogens is 1. The Morgan fingerprint density at radius 2 is 2.12 bits per heavy atom. The summed E-state index contributed by atoms with van der Waals surface area (Å²) in [7, 11) is 1.88. The lowest BCUT2D eigenvalue weighted by Gasteiger charge is -2.39. The third-order valence-corrected chi connectivity index (χ3v) is 4.86. The molecule has 24 heavy (non-hydrogen) atoms. The first kappa shape index (κ1) is 18.7. The van der Waals surface area contributed by atoms with Gasteiger partial charge in [-0.15, -0.1) is 12.4 Å². The van der Waals surface area contributed by atoms with Crippen LogP contribution in [-0.2, 0) is 16.6 Å². The molecule has 2 amide bonds. The Morgan fingerprint density at radius 1 is 1.38 bits per heavy atom. The summed E-state index contributed by atoms with van der Waals surface area (Å²) in [5.41, 5.74) is 1.08. The van der Waals surface area contributed by atoms with Crippen LogP contribution in [0.1, 0.15) is 25.3 Å². The van der Waals surface area contributed by atoms with Crippen LogP contribution in [0, 0.1) is 11.8 Å². The highest BCUT2D eigenvalue weighted by atomic mass is 35.5. The maximum Gasteiger partial charge on any atom is 0.243 e. The molecule has 1 unspecified atom stereocenters. The molecule has 1 aromatic heterocycles. The van der Waals surface area contributed by atoms with Crippen molar-refractivity contribution in [1.82, 2.24) is 25.3 Å². The molecule has 134 valence electrons. The summed E-state index contributed by atoms with van der Waals surface area (Å²) in [4.78, 5) is 27.1. The van der Waals surface area contributed by atoms with Gasteiger partial charge in [0.05, 0.1) is 12.1 Å². The predicted octanol–water partition coefficient (Wildman–Crippen LogP) is 0.128. The molecule has 3 rings (SSSR count). The topological polar surface area (TPSA) is 79.3 Å². The van der Waals surface area contributed by atoms with Gasteiger partial charge in [0, 0.05) is 45.3 Å². The Labute approximate surface area is 148 Å². The van der Waals surface area contributed by atoms with E-state index in [1.165, 1.54) is 0 Å². The van der Waals surface area contributed by atoms with E-state index in [0.717, 1.165) is 12.1 Å². The molecule has 3 heterocycles. The fourth-order valence-electron chi connectivity index (χ4n) is 3.73. The number of aromatic nitrogens is 2. The normalized spacial score (nSPS) is 27.1. The van der Waals surface area contributed by atoms with Crippen LogP contribution in [0.5, 0.6) is 0 Å². The molecule has 0 bridgehead atoms. The van der Waals surface area contributed by atoms with Crippen LogP contribution in [0.25, 0.3) is 0 Å².